The molecule has 4 aromatic heterocycles. The van der Waals surface area contributed by atoms with Gasteiger partial charge in [0.15, 0.2) is 0 Å². The summed E-state index contributed by atoms with van der Waals surface area (Å²) in [5.41, 5.74) is 23.5. The van der Waals surface area contributed by atoms with Crippen molar-refractivity contribution in [1.82, 2.24) is 9.97 Å². The molecule has 494 valence electrons. The quantitative estimate of drug-likeness (QED) is 0.101. The minimum Gasteiger partial charge on any atom is -0.455 e. The fraction of sp³-hybridized carbons (Fsp3) is 0. The third kappa shape index (κ3) is 10.6. The molecule has 4 heterocycles. The number of fused-ring (bicyclic) bond motifs is 14. The van der Waals surface area contributed by atoms with Gasteiger partial charge in [-0.05, 0) is 140 Å². The number of rotatable bonds is 10. The van der Waals surface area contributed by atoms with E-state index in [4.69, 9.17) is 18.8 Å². The van der Waals surface area contributed by atoms with Crippen LogP contribution in [0.4, 0.5) is 0 Å². The highest BCUT2D eigenvalue weighted by Crippen LogP contribution is 2.51. The van der Waals surface area contributed by atoms with Crippen LogP contribution in [0.3, 0.4) is 0 Å². The Hall–Kier alpha value is -14.1. The maximum atomic E-state index is 6.94. The van der Waals surface area contributed by atoms with Crippen molar-refractivity contribution in [2.24, 2.45) is 0 Å². The molecule has 106 heavy (non-hydrogen) atoms. The molecule has 21 rings (SSSR count). The molecule has 0 unspecified atom stereocenters. The van der Waals surface area contributed by atoms with Crippen LogP contribution in [-0.4, -0.2) is 9.97 Å². The Morgan fingerprint density at radius 2 is 0.406 bits per heavy atom. The fourth-order valence-electron chi connectivity index (χ4n) is 16.2. The number of aromatic nitrogens is 2. The van der Waals surface area contributed by atoms with Crippen molar-refractivity contribution < 1.29 is 8.83 Å². The molecule has 21 aromatic rings. The fourth-order valence-corrected chi connectivity index (χ4v) is 16.2. The first kappa shape index (κ1) is 61.8. The normalized spacial score (nSPS) is 11.6. The average Bonchev–Trinajstić information content (AvgIpc) is 1.44. The van der Waals surface area contributed by atoms with Crippen LogP contribution in [0.1, 0.15) is 0 Å². The maximum absolute atomic E-state index is 6.94. The van der Waals surface area contributed by atoms with Gasteiger partial charge in [0.25, 0.3) is 0 Å². The van der Waals surface area contributed by atoms with Crippen molar-refractivity contribution in [3.63, 3.8) is 0 Å². The third-order valence-corrected chi connectivity index (χ3v) is 21.1. The van der Waals surface area contributed by atoms with Gasteiger partial charge in [-0.2, -0.15) is 0 Å². The molecule has 0 N–H and O–H groups in total. The number of furan rings is 2. The van der Waals surface area contributed by atoms with Crippen molar-refractivity contribution in [1.29, 1.82) is 0 Å². The Kier molecular flexibility index (Phi) is 15.2. The van der Waals surface area contributed by atoms with Crippen molar-refractivity contribution in [2.45, 2.75) is 0 Å². The van der Waals surface area contributed by atoms with Crippen molar-refractivity contribution in [2.75, 3.05) is 0 Å². The van der Waals surface area contributed by atoms with E-state index in [0.29, 0.717) is 0 Å². The number of hydrogen-bond donors (Lipinski definition) is 0. The predicted molar refractivity (Wildman–Crippen MR) is 445 cm³/mol. The number of nitrogens with zero attached hydrogens (tertiary/aromatic N) is 2. The second-order valence-corrected chi connectivity index (χ2v) is 27.2. The molecule has 0 bridgehead atoms. The lowest BCUT2D eigenvalue weighted by atomic mass is 9.85. The van der Waals surface area contributed by atoms with E-state index in [2.05, 4.69) is 364 Å². The molecule has 0 saturated heterocycles. The van der Waals surface area contributed by atoms with Gasteiger partial charge >= 0.3 is 0 Å². The largest absolute Gasteiger partial charge is 0.455 e. The van der Waals surface area contributed by atoms with Crippen molar-refractivity contribution >= 4 is 97.6 Å². The molecular formula is C102H64N2O2. The number of pyridine rings is 2. The maximum Gasteiger partial charge on any atom is 0.147 e. The summed E-state index contributed by atoms with van der Waals surface area (Å²) in [6.07, 6.45) is 0. The lowest BCUT2D eigenvalue weighted by Gasteiger charge is -2.18. The zero-order valence-electron chi connectivity index (χ0n) is 57.7. The first-order valence-corrected chi connectivity index (χ1v) is 36.2. The third-order valence-electron chi connectivity index (χ3n) is 21.1. The van der Waals surface area contributed by atoms with E-state index in [0.717, 1.165) is 117 Å². The minimum absolute atomic E-state index is 0.848. The van der Waals surface area contributed by atoms with Crippen LogP contribution in [0, 0.1) is 0 Å². The standard InChI is InChI=1S/C55H35NO.C47H29NO/c1-4-16-36(17-5-1)37-28-30-39(31-29-37)49-43-22-10-12-24-45(43)50(46-25-13-11-23-44(46)49)40-32-34-41(35-33-40)53-52-51(38-18-6-2-7-19-38)54(42-20-8-3-9-21-42)57-55(52)47-26-14-15-27-48(47)56-53;1-3-13-31(14-4-1)43-44-45(48-42-22-12-11-21-40(42)47(44)49-46(43)33-15-5-2-6-16-33)32-25-23-30(24-26-32)34-27-28-39-37-19-8-7-17-35(37)36-18-9-10-20-38(36)41(39)29-34/h1-35H;1-29H. The molecule has 0 aliphatic carbocycles. The molecule has 0 fully saturated rings. The van der Waals surface area contributed by atoms with Crippen LogP contribution in [0.25, 0.3) is 210 Å². The second-order valence-electron chi connectivity index (χ2n) is 27.2. The average molecular weight is 1350 g/mol. The summed E-state index contributed by atoms with van der Waals surface area (Å²) in [5.74, 6) is 1.70. The topological polar surface area (TPSA) is 52.1 Å². The van der Waals surface area contributed by atoms with E-state index in [-0.39, 0.29) is 0 Å². The van der Waals surface area contributed by atoms with E-state index in [9.17, 15) is 0 Å². The smallest absolute Gasteiger partial charge is 0.147 e. The Balaban J connectivity index is 0.000000142. The van der Waals surface area contributed by atoms with Gasteiger partial charge in [0.05, 0.1) is 33.2 Å². The van der Waals surface area contributed by atoms with Crippen LogP contribution >= 0.6 is 0 Å². The van der Waals surface area contributed by atoms with E-state index < -0.39 is 0 Å². The summed E-state index contributed by atoms with van der Waals surface area (Å²) in [7, 11) is 0. The van der Waals surface area contributed by atoms with Gasteiger partial charge in [-0.15, -0.1) is 0 Å². The van der Waals surface area contributed by atoms with Crippen LogP contribution in [-0.2, 0) is 0 Å². The summed E-state index contributed by atoms with van der Waals surface area (Å²) < 4.78 is 13.8. The van der Waals surface area contributed by atoms with E-state index in [1.54, 1.807) is 0 Å². The van der Waals surface area contributed by atoms with Gasteiger partial charge < -0.3 is 8.83 Å². The van der Waals surface area contributed by atoms with Crippen LogP contribution in [0.2, 0.25) is 0 Å². The van der Waals surface area contributed by atoms with Gasteiger partial charge in [0, 0.05) is 44.2 Å². The van der Waals surface area contributed by atoms with Gasteiger partial charge in [-0.1, -0.05) is 358 Å². The van der Waals surface area contributed by atoms with E-state index >= 15 is 0 Å². The lowest BCUT2D eigenvalue weighted by molar-refractivity contribution is 0.635. The van der Waals surface area contributed by atoms with Crippen LogP contribution < -0.4 is 0 Å². The zero-order chi connectivity index (χ0) is 70.0. The Labute approximate surface area is 612 Å². The highest BCUT2D eigenvalue weighted by atomic mass is 16.3. The Bertz CT molecular complexity index is 6840. The molecule has 4 heteroatoms. The van der Waals surface area contributed by atoms with E-state index in [1.807, 2.05) is 24.3 Å². The molecule has 17 aromatic carbocycles. The Morgan fingerprint density at radius 1 is 0.160 bits per heavy atom. The second kappa shape index (κ2) is 26.1. The molecule has 0 atom stereocenters. The van der Waals surface area contributed by atoms with Crippen LogP contribution in [0.5, 0.6) is 0 Å². The molecule has 4 nitrogen and oxygen atoms in total. The van der Waals surface area contributed by atoms with E-state index in [1.165, 1.54) is 92.8 Å². The summed E-state index contributed by atoms with van der Waals surface area (Å²) in [4.78, 5) is 10.7. The van der Waals surface area contributed by atoms with Crippen molar-refractivity contribution in [3.8, 4) is 112 Å². The SMILES string of the molecule is c1ccc(-c2ccc(-c3c4ccccc4c(-c4ccc(-c5nc6ccccc6c6oc(-c7ccccc7)c(-c7ccccc7)c56)cc4)c4ccccc34)cc2)cc1.c1ccc(-c2oc3c(c(-c4ccc(-c5ccc6c7ccccc7c7ccccc7c6c5)cc4)nc4ccccc43)c2-c2ccccc2)cc1. The van der Waals surface area contributed by atoms with Gasteiger partial charge in [-0.25, -0.2) is 9.97 Å². The number of benzene rings is 17. The monoisotopic (exact) mass is 1350 g/mol. The molecule has 0 spiro atoms. The first-order valence-electron chi connectivity index (χ1n) is 36.2. The van der Waals surface area contributed by atoms with Gasteiger partial charge in [0.2, 0.25) is 0 Å². The zero-order valence-corrected chi connectivity index (χ0v) is 57.7. The molecule has 0 saturated carbocycles. The molecule has 0 aliphatic heterocycles. The highest BCUT2D eigenvalue weighted by Gasteiger charge is 2.27. The van der Waals surface area contributed by atoms with Gasteiger partial charge in [-0.3, -0.25) is 0 Å². The Morgan fingerprint density at radius 3 is 0.783 bits per heavy atom. The predicted octanol–water partition coefficient (Wildman–Crippen LogP) is 28.4. The lowest BCUT2D eigenvalue weighted by Crippen LogP contribution is -1.92. The number of hydrogen-bond acceptors (Lipinski definition) is 4. The molecular weight excluding hydrogens is 1290 g/mol. The summed E-state index contributed by atoms with van der Waals surface area (Å²) in [6.45, 7) is 0. The summed E-state index contributed by atoms with van der Waals surface area (Å²) in [6, 6.07) is 138. The highest BCUT2D eigenvalue weighted by molar-refractivity contribution is 6.27. The molecule has 0 aliphatic rings. The van der Waals surface area contributed by atoms with Crippen LogP contribution in [0.15, 0.2) is 397 Å². The molecule has 0 radical (unpaired) electrons. The first-order chi connectivity index (χ1) is 52.6. The summed E-state index contributed by atoms with van der Waals surface area (Å²) in [5, 5.41) is 16.7. The minimum atomic E-state index is 0.848. The number of para-hydroxylation sites is 2. The van der Waals surface area contributed by atoms with Gasteiger partial charge in [0.1, 0.15) is 22.7 Å². The van der Waals surface area contributed by atoms with Crippen molar-refractivity contribution in [3.05, 3.63) is 388 Å². The molecule has 0 amide bonds. The summed E-state index contributed by atoms with van der Waals surface area (Å²) >= 11 is 0.